The maximum absolute atomic E-state index is 11.9. The van der Waals surface area contributed by atoms with Crippen LogP contribution in [0.1, 0.15) is 19.3 Å². The summed E-state index contributed by atoms with van der Waals surface area (Å²) in [5.41, 5.74) is 0. The number of methoxy groups -OCH3 is 1. The number of anilines is 1. The van der Waals surface area contributed by atoms with Crippen LogP contribution in [0.25, 0.3) is 0 Å². The number of hydrogen-bond acceptors (Lipinski definition) is 5. The summed E-state index contributed by atoms with van der Waals surface area (Å²) < 4.78 is 4.95. The molecule has 0 aromatic carbocycles. The first-order valence-corrected chi connectivity index (χ1v) is 8.06. The van der Waals surface area contributed by atoms with E-state index < -0.39 is 0 Å². The van der Waals surface area contributed by atoms with Crippen molar-refractivity contribution < 1.29 is 9.53 Å². The minimum atomic E-state index is 0.125. The Morgan fingerprint density at radius 3 is 2.55 bits per heavy atom. The molecule has 0 bridgehead atoms. The molecule has 2 saturated heterocycles. The second-order valence-corrected chi connectivity index (χ2v) is 6.19. The smallest absolute Gasteiger partial charge is 0.248 e. The van der Waals surface area contributed by atoms with Crippen LogP contribution < -0.4 is 4.90 Å². The van der Waals surface area contributed by atoms with Gasteiger partial charge in [-0.25, -0.2) is 9.97 Å². The Balaban J connectivity index is 1.49. The first kappa shape index (κ1) is 15.2. The highest BCUT2D eigenvalue weighted by Gasteiger charge is 2.33. The van der Waals surface area contributed by atoms with Crippen LogP contribution in [0.4, 0.5) is 5.95 Å². The van der Waals surface area contributed by atoms with Gasteiger partial charge in [-0.2, -0.15) is 0 Å². The third kappa shape index (κ3) is 3.38. The van der Waals surface area contributed by atoms with Gasteiger partial charge in [-0.3, -0.25) is 4.79 Å². The molecule has 1 aromatic heterocycles. The molecule has 1 atom stereocenters. The molecule has 0 spiro atoms. The Bertz CT molecular complexity index is 488. The van der Waals surface area contributed by atoms with Crippen LogP contribution in [0.2, 0.25) is 0 Å². The van der Waals surface area contributed by atoms with Gasteiger partial charge in [0.05, 0.1) is 0 Å². The topological polar surface area (TPSA) is 58.6 Å². The molecule has 1 aromatic rings. The first-order valence-electron chi connectivity index (χ1n) is 8.06. The lowest BCUT2D eigenvalue weighted by Gasteiger charge is -2.34. The maximum Gasteiger partial charge on any atom is 0.248 e. The van der Waals surface area contributed by atoms with E-state index >= 15 is 0 Å². The molecule has 0 radical (unpaired) electrons. The molecule has 1 unspecified atom stereocenters. The normalized spacial score (nSPS) is 23.0. The van der Waals surface area contributed by atoms with E-state index in [1.165, 1.54) is 0 Å². The van der Waals surface area contributed by atoms with Gasteiger partial charge in [0.15, 0.2) is 0 Å². The van der Waals surface area contributed by atoms with Crippen molar-refractivity contribution in [3.63, 3.8) is 0 Å². The lowest BCUT2D eigenvalue weighted by molar-refractivity contribution is -0.134. The number of ether oxygens (including phenoxy) is 1. The fourth-order valence-electron chi connectivity index (χ4n) is 3.64. The predicted molar refractivity (Wildman–Crippen MR) is 83.5 cm³/mol. The Hall–Kier alpha value is -1.69. The highest BCUT2D eigenvalue weighted by atomic mass is 16.5. The molecule has 22 heavy (non-hydrogen) atoms. The zero-order chi connectivity index (χ0) is 15.4. The van der Waals surface area contributed by atoms with Crippen LogP contribution >= 0.6 is 0 Å². The van der Waals surface area contributed by atoms with Gasteiger partial charge in [0.2, 0.25) is 11.9 Å². The molecule has 1 amide bonds. The number of nitrogens with zero attached hydrogens (tertiary/aromatic N) is 4. The van der Waals surface area contributed by atoms with Gasteiger partial charge < -0.3 is 14.5 Å². The Morgan fingerprint density at radius 1 is 1.18 bits per heavy atom. The van der Waals surface area contributed by atoms with E-state index in [0.29, 0.717) is 11.8 Å². The molecular weight excluding hydrogens is 280 g/mol. The van der Waals surface area contributed by atoms with Gasteiger partial charge in [-0.1, -0.05) is 0 Å². The number of hydrogen-bond donors (Lipinski definition) is 0. The number of piperidine rings is 1. The number of carbonyl (C=O) groups excluding carboxylic acids is 1. The summed E-state index contributed by atoms with van der Waals surface area (Å²) in [6.07, 6.45) is 7.04. The van der Waals surface area contributed by atoms with Crippen LogP contribution in [0.15, 0.2) is 18.5 Å². The van der Waals surface area contributed by atoms with Crippen molar-refractivity contribution in [3.8, 4) is 0 Å². The molecular formula is C16H24N4O2. The van der Waals surface area contributed by atoms with Crippen molar-refractivity contribution in [2.24, 2.45) is 11.8 Å². The SMILES string of the molecule is COCC(=O)N1CCC(C2CCN(c3ncccn3)CC2)C1. The largest absolute Gasteiger partial charge is 0.375 e. The molecule has 3 heterocycles. The average Bonchev–Trinajstić information content (AvgIpc) is 3.06. The molecule has 3 rings (SSSR count). The van der Waals surface area contributed by atoms with Crippen LogP contribution in [-0.4, -0.2) is 60.7 Å². The quantitative estimate of drug-likeness (QED) is 0.836. The summed E-state index contributed by atoms with van der Waals surface area (Å²) in [5, 5.41) is 0. The van der Waals surface area contributed by atoms with E-state index in [-0.39, 0.29) is 12.5 Å². The Kier molecular flexibility index (Phi) is 4.87. The molecule has 0 saturated carbocycles. The molecule has 120 valence electrons. The van der Waals surface area contributed by atoms with Gasteiger partial charge in [0, 0.05) is 45.7 Å². The molecule has 2 aliphatic heterocycles. The number of aromatic nitrogens is 2. The molecule has 0 N–H and O–H groups in total. The van der Waals surface area contributed by atoms with Crippen molar-refractivity contribution in [2.75, 3.05) is 44.8 Å². The first-order chi connectivity index (χ1) is 10.8. The summed E-state index contributed by atoms with van der Waals surface area (Å²) in [7, 11) is 1.58. The maximum atomic E-state index is 11.9. The highest BCUT2D eigenvalue weighted by molar-refractivity contribution is 5.77. The Labute approximate surface area is 131 Å². The summed E-state index contributed by atoms with van der Waals surface area (Å²) in [6.45, 7) is 4.01. The number of carbonyl (C=O) groups is 1. The molecule has 6 nitrogen and oxygen atoms in total. The van der Waals surface area contributed by atoms with Crippen LogP contribution in [0.3, 0.4) is 0 Å². The summed E-state index contributed by atoms with van der Waals surface area (Å²) in [6, 6.07) is 1.85. The van der Waals surface area contributed by atoms with Crippen LogP contribution in [-0.2, 0) is 9.53 Å². The van der Waals surface area contributed by atoms with Crippen LogP contribution in [0, 0.1) is 11.8 Å². The summed E-state index contributed by atoms with van der Waals surface area (Å²) >= 11 is 0. The second-order valence-electron chi connectivity index (χ2n) is 6.19. The molecule has 0 aliphatic carbocycles. The van der Waals surface area contributed by atoms with Gasteiger partial charge >= 0.3 is 0 Å². The van der Waals surface area contributed by atoms with E-state index in [4.69, 9.17) is 4.74 Å². The predicted octanol–water partition coefficient (Wildman–Crippen LogP) is 1.19. The lowest BCUT2D eigenvalue weighted by atomic mass is 9.84. The van der Waals surface area contributed by atoms with Gasteiger partial charge in [0.25, 0.3) is 0 Å². The standard InChI is InChI=1S/C16H24N4O2/c1-22-12-15(21)20-10-5-14(11-20)13-3-8-19(9-4-13)16-17-6-2-7-18-16/h2,6-7,13-14H,3-5,8-12H2,1H3. The summed E-state index contributed by atoms with van der Waals surface area (Å²) in [5.74, 6) is 2.31. The molecule has 2 fully saturated rings. The van der Waals surface area contributed by atoms with Crippen molar-refractivity contribution in [1.29, 1.82) is 0 Å². The second kappa shape index (κ2) is 7.05. The average molecular weight is 304 g/mol. The van der Waals surface area contributed by atoms with Crippen LogP contribution in [0.5, 0.6) is 0 Å². The summed E-state index contributed by atoms with van der Waals surface area (Å²) in [4.78, 5) is 24.8. The number of rotatable bonds is 4. The molecule has 2 aliphatic rings. The minimum Gasteiger partial charge on any atom is -0.375 e. The molecule has 6 heteroatoms. The van der Waals surface area contributed by atoms with Gasteiger partial charge in [-0.05, 0) is 37.2 Å². The lowest BCUT2D eigenvalue weighted by Crippen LogP contribution is -2.38. The van der Waals surface area contributed by atoms with E-state index in [2.05, 4.69) is 14.9 Å². The van der Waals surface area contributed by atoms with E-state index in [0.717, 1.165) is 51.4 Å². The van der Waals surface area contributed by atoms with Crippen molar-refractivity contribution in [1.82, 2.24) is 14.9 Å². The van der Waals surface area contributed by atoms with Gasteiger partial charge in [0.1, 0.15) is 6.61 Å². The zero-order valence-corrected chi connectivity index (χ0v) is 13.1. The fraction of sp³-hybridized carbons (Fsp3) is 0.688. The van der Waals surface area contributed by atoms with Gasteiger partial charge in [-0.15, -0.1) is 0 Å². The number of likely N-dealkylation sites (tertiary alicyclic amines) is 1. The van der Waals surface area contributed by atoms with Crippen molar-refractivity contribution in [3.05, 3.63) is 18.5 Å². The third-order valence-corrected chi connectivity index (χ3v) is 4.89. The van der Waals surface area contributed by atoms with E-state index in [1.54, 1.807) is 19.5 Å². The third-order valence-electron chi connectivity index (χ3n) is 4.89. The van der Waals surface area contributed by atoms with Crippen molar-refractivity contribution >= 4 is 11.9 Å². The number of amides is 1. The zero-order valence-electron chi connectivity index (χ0n) is 13.1. The van der Waals surface area contributed by atoms with Crippen molar-refractivity contribution in [2.45, 2.75) is 19.3 Å². The van der Waals surface area contributed by atoms with E-state index in [9.17, 15) is 4.79 Å². The Morgan fingerprint density at radius 2 is 1.86 bits per heavy atom. The fourth-order valence-corrected chi connectivity index (χ4v) is 3.64. The van der Waals surface area contributed by atoms with E-state index in [1.807, 2.05) is 11.0 Å². The monoisotopic (exact) mass is 304 g/mol. The highest BCUT2D eigenvalue weighted by Crippen LogP contribution is 2.32. The minimum absolute atomic E-state index is 0.125.